The number of urea groups is 1. The first-order valence-electron chi connectivity index (χ1n) is 9.44. The molecule has 1 aliphatic carbocycles. The number of hydrogen-bond acceptors (Lipinski definition) is 3. The lowest BCUT2D eigenvalue weighted by Crippen LogP contribution is -2.53. The molecule has 2 N–H and O–H groups in total. The Morgan fingerprint density at radius 1 is 1.03 bits per heavy atom. The molecule has 0 aromatic heterocycles. The minimum absolute atomic E-state index is 0.0862. The Balaban J connectivity index is 1.35. The standard InChI is InChI=1S/C21H20F3N3O2/c22-13-1-3-17(4-2-13)29-18-10-16(11-18)26-21(28)27-19(5-6-20(27)25)12-7-14(23)9-15(24)8-12/h1-4,7-9,16,18-19,25H,5-6,10-11H2,(H,26,28)/t16?,18?,19-/m0/s1. The molecule has 1 saturated carbocycles. The number of likely N-dealkylation sites (tertiary alicyclic amines) is 1. The molecule has 2 amide bonds. The topological polar surface area (TPSA) is 65.4 Å². The summed E-state index contributed by atoms with van der Waals surface area (Å²) in [5.41, 5.74) is 0.339. The van der Waals surface area contributed by atoms with Crippen LogP contribution < -0.4 is 10.1 Å². The zero-order valence-electron chi connectivity index (χ0n) is 15.5. The highest BCUT2D eigenvalue weighted by atomic mass is 19.1. The fraction of sp³-hybridized carbons (Fsp3) is 0.333. The molecule has 1 heterocycles. The van der Waals surface area contributed by atoms with E-state index in [0.29, 0.717) is 37.0 Å². The number of hydrogen-bond donors (Lipinski definition) is 2. The number of amidine groups is 1. The van der Waals surface area contributed by atoms with Crippen LogP contribution in [-0.2, 0) is 0 Å². The van der Waals surface area contributed by atoms with Gasteiger partial charge in [-0.05, 0) is 48.4 Å². The monoisotopic (exact) mass is 403 g/mol. The molecular formula is C21H20F3N3O2. The third-order valence-corrected chi connectivity index (χ3v) is 5.28. The van der Waals surface area contributed by atoms with Crippen LogP contribution in [0.25, 0.3) is 0 Å². The molecule has 152 valence electrons. The van der Waals surface area contributed by atoms with Gasteiger partial charge in [-0.1, -0.05) is 0 Å². The van der Waals surface area contributed by atoms with Crippen molar-refractivity contribution in [3.8, 4) is 5.75 Å². The average molecular weight is 403 g/mol. The Kier molecular flexibility index (Phi) is 5.17. The van der Waals surface area contributed by atoms with Crippen molar-refractivity contribution < 1.29 is 22.7 Å². The molecule has 1 aliphatic heterocycles. The predicted molar refractivity (Wildman–Crippen MR) is 100 cm³/mol. The summed E-state index contributed by atoms with van der Waals surface area (Å²) in [6, 6.07) is 7.78. The maximum absolute atomic E-state index is 13.6. The van der Waals surface area contributed by atoms with Crippen LogP contribution in [0.4, 0.5) is 18.0 Å². The van der Waals surface area contributed by atoms with Crippen LogP contribution in [0, 0.1) is 22.9 Å². The second-order valence-corrected chi connectivity index (χ2v) is 7.39. The summed E-state index contributed by atoms with van der Waals surface area (Å²) in [5, 5.41) is 10.9. The van der Waals surface area contributed by atoms with Crippen LogP contribution in [-0.4, -0.2) is 28.9 Å². The summed E-state index contributed by atoms with van der Waals surface area (Å²) in [6.45, 7) is 0. The van der Waals surface area contributed by atoms with Crippen molar-refractivity contribution in [2.24, 2.45) is 0 Å². The maximum atomic E-state index is 13.6. The molecule has 2 aliphatic rings. The summed E-state index contributed by atoms with van der Waals surface area (Å²) in [6.07, 6.45) is 1.89. The number of rotatable bonds is 4. The van der Waals surface area contributed by atoms with E-state index < -0.39 is 23.7 Å². The lowest BCUT2D eigenvalue weighted by atomic mass is 9.89. The molecule has 29 heavy (non-hydrogen) atoms. The van der Waals surface area contributed by atoms with Gasteiger partial charge in [0.05, 0.1) is 6.04 Å². The normalized spacial score (nSPS) is 23.6. The largest absolute Gasteiger partial charge is 0.490 e. The summed E-state index contributed by atoms with van der Waals surface area (Å²) < 4.78 is 45.8. The molecule has 0 radical (unpaired) electrons. The molecular weight excluding hydrogens is 383 g/mol. The van der Waals surface area contributed by atoms with E-state index in [4.69, 9.17) is 10.1 Å². The summed E-state index contributed by atoms with van der Waals surface area (Å²) in [4.78, 5) is 14.0. The Hall–Kier alpha value is -3.03. The van der Waals surface area contributed by atoms with Crippen LogP contribution in [0.15, 0.2) is 42.5 Å². The van der Waals surface area contributed by atoms with Gasteiger partial charge < -0.3 is 10.1 Å². The van der Waals surface area contributed by atoms with E-state index in [1.807, 2.05) is 0 Å². The van der Waals surface area contributed by atoms with Gasteiger partial charge in [-0.25, -0.2) is 18.0 Å². The zero-order chi connectivity index (χ0) is 20.5. The number of amides is 2. The van der Waals surface area contributed by atoms with Gasteiger partial charge in [-0.2, -0.15) is 0 Å². The molecule has 1 saturated heterocycles. The first kappa shape index (κ1) is 19.3. The number of nitrogens with one attached hydrogen (secondary N) is 2. The highest BCUT2D eigenvalue weighted by Crippen LogP contribution is 2.34. The fourth-order valence-electron chi connectivity index (χ4n) is 3.79. The minimum Gasteiger partial charge on any atom is -0.490 e. The molecule has 5 nitrogen and oxygen atoms in total. The van der Waals surface area contributed by atoms with Crippen LogP contribution in [0.5, 0.6) is 5.75 Å². The number of nitrogens with zero attached hydrogens (tertiary/aromatic N) is 1. The average Bonchev–Trinajstić information content (AvgIpc) is 3.02. The molecule has 1 atom stereocenters. The fourth-order valence-corrected chi connectivity index (χ4v) is 3.79. The quantitative estimate of drug-likeness (QED) is 0.787. The summed E-state index contributed by atoms with van der Waals surface area (Å²) in [5.74, 6) is -1.07. The molecule has 0 unspecified atom stereocenters. The van der Waals surface area contributed by atoms with Crippen molar-refractivity contribution >= 4 is 11.9 Å². The predicted octanol–water partition coefficient (Wildman–Crippen LogP) is 4.54. The van der Waals surface area contributed by atoms with Crippen LogP contribution >= 0.6 is 0 Å². The Labute approximate surface area is 166 Å². The van der Waals surface area contributed by atoms with Crippen molar-refractivity contribution in [1.29, 1.82) is 5.41 Å². The van der Waals surface area contributed by atoms with Gasteiger partial charge in [-0.15, -0.1) is 0 Å². The van der Waals surface area contributed by atoms with Gasteiger partial charge >= 0.3 is 6.03 Å². The molecule has 0 spiro atoms. The first-order valence-corrected chi connectivity index (χ1v) is 9.44. The van der Waals surface area contributed by atoms with Crippen LogP contribution in [0.2, 0.25) is 0 Å². The smallest absolute Gasteiger partial charge is 0.323 e. The van der Waals surface area contributed by atoms with Crippen molar-refractivity contribution in [2.75, 3.05) is 0 Å². The molecule has 2 aromatic rings. The number of halogens is 3. The van der Waals surface area contributed by atoms with E-state index in [1.54, 1.807) is 12.1 Å². The third kappa shape index (κ3) is 4.21. The van der Waals surface area contributed by atoms with Crippen molar-refractivity contribution in [2.45, 2.75) is 43.9 Å². The number of carbonyl (C=O) groups excluding carboxylic acids is 1. The van der Waals surface area contributed by atoms with Gasteiger partial charge in [0.2, 0.25) is 0 Å². The Bertz CT molecular complexity index is 909. The van der Waals surface area contributed by atoms with E-state index in [2.05, 4.69) is 5.32 Å². The molecule has 0 bridgehead atoms. The van der Waals surface area contributed by atoms with Gasteiger partial charge in [-0.3, -0.25) is 10.3 Å². The SMILES string of the molecule is N=C1CC[C@@H](c2cc(F)cc(F)c2)N1C(=O)NC1CC(Oc2ccc(F)cc2)C1. The Morgan fingerprint density at radius 3 is 2.34 bits per heavy atom. The second kappa shape index (κ2) is 7.77. The summed E-state index contributed by atoms with van der Waals surface area (Å²) in [7, 11) is 0. The molecule has 2 fully saturated rings. The first-order chi connectivity index (χ1) is 13.9. The molecule has 8 heteroatoms. The van der Waals surface area contributed by atoms with E-state index in [9.17, 15) is 18.0 Å². The van der Waals surface area contributed by atoms with E-state index >= 15 is 0 Å². The highest BCUT2D eigenvalue weighted by Gasteiger charge is 2.38. The van der Waals surface area contributed by atoms with Crippen molar-refractivity contribution in [3.05, 3.63) is 65.5 Å². The maximum Gasteiger partial charge on any atom is 0.323 e. The lowest BCUT2D eigenvalue weighted by molar-refractivity contribution is 0.0860. The molecule has 4 rings (SSSR count). The van der Waals surface area contributed by atoms with Gasteiger partial charge in [0.15, 0.2) is 0 Å². The second-order valence-electron chi connectivity index (χ2n) is 7.39. The third-order valence-electron chi connectivity index (χ3n) is 5.28. The van der Waals surface area contributed by atoms with Crippen molar-refractivity contribution in [1.82, 2.24) is 10.2 Å². The van der Waals surface area contributed by atoms with Crippen LogP contribution in [0.1, 0.15) is 37.3 Å². The van der Waals surface area contributed by atoms with Crippen LogP contribution in [0.3, 0.4) is 0 Å². The van der Waals surface area contributed by atoms with E-state index in [-0.39, 0.29) is 23.8 Å². The van der Waals surface area contributed by atoms with Gasteiger partial charge in [0.25, 0.3) is 0 Å². The summed E-state index contributed by atoms with van der Waals surface area (Å²) >= 11 is 0. The van der Waals surface area contributed by atoms with Gasteiger partial charge in [0.1, 0.15) is 35.1 Å². The highest BCUT2D eigenvalue weighted by molar-refractivity contribution is 5.98. The number of benzene rings is 2. The zero-order valence-corrected chi connectivity index (χ0v) is 15.5. The van der Waals surface area contributed by atoms with E-state index in [1.165, 1.54) is 29.2 Å². The molecule has 2 aromatic carbocycles. The number of ether oxygens (including phenoxy) is 1. The minimum atomic E-state index is -0.710. The van der Waals surface area contributed by atoms with E-state index in [0.717, 1.165) is 6.07 Å². The lowest BCUT2D eigenvalue weighted by Gasteiger charge is -2.37. The number of carbonyl (C=O) groups is 1. The Morgan fingerprint density at radius 2 is 1.69 bits per heavy atom. The van der Waals surface area contributed by atoms with Crippen molar-refractivity contribution in [3.63, 3.8) is 0 Å². The van der Waals surface area contributed by atoms with Gasteiger partial charge in [0, 0.05) is 31.4 Å².